The molecule has 0 saturated carbocycles. The van der Waals surface area contributed by atoms with Gasteiger partial charge in [0, 0.05) is 28.9 Å². The average molecular weight is 278 g/mol. The molecule has 2 aromatic rings. The first-order valence-electron chi connectivity index (χ1n) is 6.06. The van der Waals surface area contributed by atoms with Crippen LogP contribution >= 0.6 is 11.6 Å². The van der Waals surface area contributed by atoms with Crippen LogP contribution in [0.4, 0.5) is 5.69 Å². The highest BCUT2D eigenvalue weighted by molar-refractivity contribution is 6.30. The lowest BCUT2D eigenvalue weighted by atomic mass is 10.2. The van der Waals surface area contributed by atoms with Crippen molar-refractivity contribution in [3.05, 3.63) is 47.0 Å². The first kappa shape index (κ1) is 13.6. The zero-order valence-corrected chi connectivity index (χ0v) is 11.7. The van der Waals surface area contributed by atoms with Crippen molar-refractivity contribution in [1.29, 1.82) is 0 Å². The SMILES string of the molecule is CCOc1cc(N)cc(Oc2cc(Cl)ccc2C)c1. The van der Waals surface area contributed by atoms with Crippen molar-refractivity contribution in [1.82, 2.24) is 0 Å². The van der Waals surface area contributed by atoms with E-state index in [1.54, 1.807) is 24.3 Å². The molecule has 0 aliphatic rings. The van der Waals surface area contributed by atoms with Crippen LogP contribution in [0.3, 0.4) is 0 Å². The molecule has 0 radical (unpaired) electrons. The molecule has 0 aliphatic heterocycles. The molecule has 0 aliphatic carbocycles. The van der Waals surface area contributed by atoms with Gasteiger partial charge in [-0.3, -0.25) is 0 Å². The van der Waals surface area contributed by atoms with E-state index < -0.39 is 0 Å². The Kier molecular flexibility index (Phi) is 4.17. The second-order valence-corrected chi connectivity index (χ2v) is 4.62. The predicted octanol–water partition coefficient (Wildman–Crippen LogP) is 4.42. The molecule has 0 bridgehead atoms. The number of nitrogens with two attached hydrogens (primary N) is 1. The molecule has 3 nitrogen and oxygen atoms in total. The van der Waals surface area contributed by atoms with Gasteiger partial charge in [-0.25, -0.2) is 0 Å². The Bertz CT molecular complexity index is 584. The highest BCUT2D eigenvalue weighted by Gasteiger charge is 2.05. The van der Waals surface area contributed by atoms with Crippen molar-refractivity contribution in [2.45, 2.75) is 13.8 Å². The zero-order valence-electron chi connectivity index (χ0n) is 10.9. The van der Waals surface area contributed by atoms with Crippen LogP contribution in [0, 0.1) is 6.92 Å². The van der Waals surface area contributed by atoms with Gasteiger partial charge < -0.3 is 15.2 Å². The molecule has 2 aromatic carbocycles. The highest BCUT2D eigenvalue weighted by Crippen LogP contribution is 2.31. The average Bonchev–Trinajstić information content (AvgIpc) is 2.33. The smallest absolute Gasteiger partial charge is 0.133 e. The lowest BCUT2D eigenvalue weighted by Crippen LogP contribution is -1.95. The van der Waals surface area contributed by atoms with Crippen molar-refractivity contribution in [2.75, 3.05) is 12.3 Å². The molecule has 0 fully saturated rings. The van der Waals surface area contributed by atoms with Gasteiger partial charge in [-0.05, 0) is 31.5 Å². The lowest BCUT2D eigenvalue weighted by molar-refractivity contribution is 0.338. The van der Waals surface area contributed by atoms with Gasteiger partial charge >= 0.3 is 0 Å². The third-order valence-corrected chi connectivity index (χ3v) is 2.83. The maximum atomic E-state index is 5.97. The number of hydrogen-bond acceptors (Lipinski definition) is 3. The predicted molar refractivity (Wildman–Crippen MR) is 78.3 cm³/mol. The van der Waals surface area contributed by atoms with Gasteiger partial charge in [-0.1, -0.05) is 17.7 Å². The molecule has 2 rings (SSSR count). The van der Waals surface area contributed by atoms with E-state index >= 15 is 0 Å². The largest absolute Gasteiger partial charge is 0.494 e. The van der Waals surface area contributed by atoms with Gasteiger partial charge in [0.2, 0.25) is 0 Å². The third-order valence-electron chi connectivity index (χ3n) is 2.59. The van der Waals surface area contributed by atoms with Crippen LogP contribution in [-0.4, -0.2) is 6.61 Å². The fourth-order valence-electron chi connectivity index (χ4n) is 1.71. The third kappa shape index (κ3) is 3.55. The standard InChI is InChI=1S/C15H16ClNO2/c1-3-18-13-7-12(17)8-14(9-13)19-15-6-11(16)5-4-10(15)2/h4-9H,3,17H2,1-2H3. The van der Waals surface area contributed by atoms with E-state index in [1.165, 1.54) is 0 Å². The van der Waals surface area contributed by atoms with Crippen LogP contribution in [0.25, 0.3) is 0 Å². The number of benzene rings is 2. The van der Waals surface area contributed by atoms with Crippen molar-refractivity contribution in [3.8, 4) is 17.2 Å². The van der Waals surface area contributed by atoms with E-state index in [2.05, 4.69) is 0 Å². The minimum Gasteiger partial charge on any atom is -0.494 e. The second-order valence-electron chi connectivity index (χ2n) is 4.18. The Morgan fingerprint density at radius 3 is 2.58 bits per heavy atom. The summed E-state index contributed by atoms with van der Waals surface area (Å²) in [6, 6.07) is 10.8. The quantitative estimate of drug-likeness (QED) is 0.841. The summed E-state index contributed by atoms with van der Waals surface area (Å²) in [5.74, 6) is 2.03. The van der Waals surface area contributed by atoms with Gasteiger partial charge in [-0.15, -0.1) is 0 Å². The number of nitrogen functional groups attached to an aromatic ring is 1. The summed E-state index contributed by atoms with van der Waals surface area (Å²) < 4.78 is 11.2. The van der Waals surface area contributed by atoms with Crippen LogP contribution in [0.5, 0.6) is 17.2 Å². The summed E-state index contributed by atoms with van der Waals surface area (Å²) in [6.07, 6.45) is 0. The van der Waals surface area contributed by atoms with Gasteiger partial charge in [0.05, 0.1) is 6.61 Å². The lowest BCUT2D eigenvalue weighted by Gasteiger charge is -2.11. The molecule has 0 saturated heterocycles. The summed E-state index contributed by atoms with van der Waals surface area (Å²) in [6.45, 7) is 4.46. The summed E-state index contributed by atoms with van der Waals surface area (Å²) >= 11 is 5.97. The van der Waals surface area contributed by atoms with Crippen LogP contribution in [0.2, 0.25) is 5.02 Å². The second kappa shape index (κ2) is 5.85. The fourth-order valence-corrected chi connectivity index (χ4v) is 1.88. The molecular formula is C15H16ClNO2. The maximum Gasteiger partial charge on any atom is 0.133 e. The maximum absolute atomic E-state index is 5.97. The zero-order chi connectivity index (χ0) is 13.8. The molecule has 19 heavy (non-hydrogen) atoms. The summed E-state index contributed by atoms with van der Waals surface area (Å²) in [4.78, 5) is 0. The van der Waals surface area contributed by atoms with Crippen molar-refractivity contribution < 1.29 is 9.47 Å². The van der Waals surface area contributed by atoms with Crippen molar-refractivity contribution in [3.63, 3.8) is 0 Å². The Balaban J connectivity index is 2.29. The van der Waals surface area contributed by atoms with Crippen molar-refractivity contribution in [2.24, 2.45) is 0 Å². The van der Waals surface area contributed by atoms with Crippen LogP contribution in [0.15, 0.2) is 36.4 Å². The minimum atomic E-state index is 0.582. The molecule has 4 heteroatoms. The van der Waals surface area contributed by atoms with Crippen LogP contribution < -0.4 is 15.2 Å². The molecule has 100 valence electrons. The summed E-state index contributed by atoms with van der Waals surface area (Å²) in [5.41, 5.74) is 7.43. The van der Waals surface area contributed by atoms with Gasteiger partial charge in [0.15, 0.2) is 0 Å². The van der Waals surface area contributed by atoms with E-state index in [0.29, 0.717) is 34.6 Å². The fraction of sp³-hybridized carbons (Fsp3) is 0.200. The Morgan fingerprint density at radius 2 is 1.84 bits per heavy atom. The number of halogens is 1. The number of ether oxygens (including phenoxy) is 2. The Hall–Kier alpha value is -1.87. The first-order chi connectivity index (χ1) is 9.08. The monoisotopic (exact) mass is 277 g/mol. The highest BCUT2D eigenvalue weighted by atomic mass is 35.5. The first-order valence-corrected chi connectivity index (χ1v) is 6.43. The van der Waals surface area contributed by atoms with E-state index in [9.17, 15) is 0 Å². The Morgan fingerprint density at radius 1 is 1.11 bits per heavy atom. The number of anilines is 1. The summed E-state index contributed by atoms with van der Waals surface area (Å²) in [5, 5.41) is 0.634. The van der Waals surface area contributed by atoms with Crippen LogP contribution in [0.1, 0.15) is 12.5 Å². The normalized spacial score (nSPS) is 10.3. The molecule has 2 N–H and O–H groups in total. The molecule has 0 amide bonds. The molecule has 0 heterocycles. The Labute approximate surface area is 117 Å². The topological polar surface area (TPSA) is 44.5 Å². The van der Waals surface area contributed by atoms with Gasteiger partial charge in [-0.2, -0.15) is 0 Å². The number of aryl methyl sites for hydroxylation is 1. The van der Waals surface area contributed by atoms with Crippen LogP contribution in [-0.2, 0) is 0 Å². The molecule has 0 spiro atoms. The van der Waals surface area contributed by atoms with E-state index in [4.69, 9.17) is 26.8 Å². The number of rotatable bonds is 4. The number of hydrogen-bond donors (Lipinski definition) is 1. The van der Waals surface area contributed by atoms with Crippen molar-refractivity contribution >= 4 is 17.3 Å². The summed E-state index contributed by atoms with van der Waals surface area (Å²) in [7, 11) is 0. The molecule has 0 aromatic heterocycles. The minimum absolute atomic E-state index is 0.582. The van der Waals surface area contributed by atoms with E-state index in [-0.39, 0.29) is 0 Å². The molecule has 0 unspecified atom stereocenters. The van der Waals surface area contributed by atoms with E-state index in [1.807, 2.05) is 26.0 Å². The van der Waals surface area contributed by atoms with Gasteiger partial charge in [0.1, 0.15) is 17.2 Å². The van der Waals surface area contributed by atoms with Gasteiger partial charge in [0.25, 0.3) is 0 Å². The molecule has 0 atom stereocenters. The molecular weight excluding hydrogens is 262 g/mol. The van der Waals surface area contributed by atoms with E-state index in [0.717, 1.165) is 5.56 Å².